The second kappa shape index (κ2) is 8.68. The summed E-state index contributed by atoms with van der Waals surface area (Å²) in [5.74, 6) is 1.04. The lowest BCUT2D eigenvalue weighted by atomic mass is 9.78. The molecular weight excluding hydrogens is 400 g/mol. The van der Waals surface area contributed by atoms with Crippen LogP contribution in [0.4, 0.5) is 9.59 Å². The minimum absolute atomic E-state index is 0.0709. The number of rotatable bonds is 7. The molecule has 0 spiro atoms. The maximum absolute atomic E-state index is 12.8. The zero-order valence-electron chi connectivity index (χ0n) is 18.9. The lowest BCUT2D eigenvalue weighted by Crippen LogP contribution is -2.45. The van der Waals surface area contributed by atoms with Crippen LogP contribution in [0, 0.1) is 0 Å². The molecule has 1 aromatic heterocycles. The van der Waals surface area contributed by atoms with Crippen LogP contribution in [-0.4, -0.2) is 58.1 Å². The SMILES string of the molecule is CCCCON1C(=O)N2C[C@@H]1CC[C@H]2c1cc(C2CC(NC(=O)OC(C)(C)C)C2)on1. The molecule has 31 heavy (non-hydrogen) atoms. The Morgan fingerprint density at radius 2 is 2.10 bits per heavy atom. The summed E-state index contributed by atoms with van der Waals surface area (Å²) in [6, 6.07) is 2.04. The zero-order chi connectivity index (χ0) is 22.2. The molecule has 3 fully saturated rings. The highest BCUT2D eigenvalue weighted by Crippen LogP contribution is 2.41. The third-order valence-electron chi connectivity index (χ3n) is 6.20. The Bertz CT molecular complexity index is 798. The van der Waals surface area contributed by atoms with Crippen molar-refractivity contribution in [1.29, 1.82) is 0 Å². The Labute approximate surface area is 183 Å². The average Bonchev–Trinajstić information content (AvgIpc) is 3.23. The average molecular weight is 435 g/mol. The van der Waals surface area contributed by atoms with Crippen LogP contribution in [0.5, 0.6) is 0 Å². The van der Waals surface area contributed by atoms with Gasteiger partial charge in [0.25, 0.3) is 0 Å². The molecule has 9 heteroatoms. The van der Waals surface area contributed by atoms with Crippen LogP contribution < -0.4 is 5.32 Å². The number of alkyl carbamates (subject to hydrolysis) is 1. The van der Waals surface area contributed by atoms with Gasteiger partial charge in [0.1, 0.15) is 17.1 Å². The number of piperidine rings is 1. The molecule has 0 unspecified atom stereocenters. The van der Waals surface area contributed by atoms with Gasteiger partial charge in [-0.3, -0.25) is 4.84 Å². The summed E-state index contributed by atoms with van der Waals surface area (Å²) in [6.07, 6.45) is 4.93. The fraction of sp³-hybridized carbons (Fsp3) is 0.773. The molecule has 3 heterocycles. The molecule has 3 amide bonds. The second-order valence-electron chi connectivity index (χ2n) is 9.86. The van der Waals surface area contributed by atoms with Crippen molar-refractivity contribution >= 4 is 12.1 Å². The first kappa shape index (κ1) is 21.9. The lowest BCUT2D eigenvalue weighted by Gasteiger charge is -2.34. The van der Waals surface area contributed by atoms with Gasteiger partial charge < -0.3 is 19.5 Å². The van der Waals surface area contributed by atoms with E-state index in [9.17, 15) is 9.59 Å². The first-order chi connectivity index (χ1) is 14.7. The molecule has 0 radical (unpaired) electrons. The van der Waals surface area contributed by atoms with Crippen LogP contribution >= 0.6 is 0 Å². The van der Waals surface area contributed by atoms with Crippen molar-refractivity contribution in [3.63, 3.8) is 0 Å². The number of carbonyl (C=O) groups excluding carboxylic acids is 2. The van der Waals surface area contributed by atoms with Crippen molar-refractivity contribution < 1.29 is 23.7 Å². The highest BCUT2D eigenvalue weighted by Gasteiger charge is 2.47. The number of nitrogens with one attached hydrogen (secondary N) is 1. The number of nitrogens with zero attached hydrogens (tertiary/aromatic N) is 3. The van der Waals surface area contributed by atoms with Crippen molar-refractivity contribution in [3.05, 3.63) is 17.5 Å². The number of hydrogen-bond donors (Lipinski definition) is 1. The monoisotopic (exact) mass is 434 g/mol. The number of fused-ring (bicyclic) bond motifs is 2. The number of urea groups is 1. The molecule has 1 aliphatic carbocycles. The van der Waals surface area contributed by atoms with Crippen LogP contribution in [-0.2, 0) is 9.57 Å². The number of amides is 3. The Kier molecular flexibility index (Phi) is 6.14. The maximum Gasteiger partial charge on any atom is 0.407 e. The van der Waals surface area contributed by atoms with Crippen molar-refractivity contribution in [2.75, 3.05) is 13.2 Å². The van der Waals surface area contributed by atoms with Gasteiger partial charge in [-0.25, -0.2) is 9.59 Å². The first-order valence-corrected chi connectivity index (χ1v) is 11.4. The summed E-state index contributed by atoms with van der Waals surface area (Å²) in [5.41, 5.74) is 0.302. The highest BCUT2D eigenvalue weighted by atomic mass is 16.7. The molecule has 1 aromatic rings. The number of hydrogen-bond acceptors (Lipinski definition) is 6. The standard InChI is InChI=1S/C22H34N4O5/c1-5-6-9-29-26-16-7-8-18(25(13-16)21(26)28)17-12-19(31-24-17)14-10-15(11-14)23-20(27)30-22(2,3)4/h12,14-16,18H,5-11,13H2,1-4H3,(H,23,27)/t14?,15?,16-,18-/m0/s1. The molecule has 2 saturated heterocycles. The van der Waals surface area contributed by atoms with Crippen LogP contribution in [0.2, 0.25) is 0 Å². The van der Waals surface area contributed by atoms with E-state index < -0.39 is 5.60 Å². The number of aromatic nitrogens is 1. The normalized spacial score (nSPS) is 27.9. The van der Waals surface area contributed by atoms with E-state index in [0.717, 1.165) is 50.0 Å². The fourth-order valence-corrected chi connectivity index (χ4v) is 4.51. The highest BCUT2D eigenvalue weighted by molar-refractivity contribution is 5.77. The first-order valence-electron chi connectivity index (χ1n) is 11.4. The smallest absolute Gasteiger partial charge is 0.407 e. The molecule has 3 aliphatic rings. The maximum atomic E-state index is 12.8. The Morgan fingerprint density at radius 3 is 2.81 bits per heavy atom. The van der Waals surface area contributed by atoms with Gasteiger partial charge in [-0.1, -0.05) is 18.5 Å². The van der Waals surface area contributed by atoms with E-state index in [0.29, 0.717) is 13.2 Å². The van der Waals surface area contributed by atoms with E-state index in [1.54, 1.807) is 5.06 Å². The molecule has 2 aliphatic heterocycles. The van der Waals surface area contributed by atoms with E-state index in [-0.39, 0.29) is 36.2 Å². The Balaban J connectivity index is 1.30. The third kappa shape index (κ3) is 4.81. The third-order valence-corrected chi connectivity index (χ3v) is 6.20. The number of carbonyl (C=O) groups is 2. The minimum atomic E-state index is -0.504. The van der Waals surface area contributed by atoms with E-state index in [2.05, 4.69) is 17.4 Å². The zero-order valence-corrected chi connectivity index (χ0v) is 18.9. The van der Waals surface area contributed by atoms with Crippen molar-refractivity contribution in [2.45, 2.75) is 95.9 Å². The molecule has 2 atom stereocenters. The molecule has 4 rings (SSSR count). The fourth-order valence-electron chi connectivity index (χ4n) is 4.51. The van der Waals surface area contributed by atoms with Gasteiger partial charge in [-0.15, -0.1) is 0 Å². The predicted molar refractivity (Wildman–Crippen MR) is 112 cm³/mol. The van der Waals surface area contributed by atoms with Crippen molar-refractivity contribution in [1.82, 2.24) is 20.4 Å². The predicted octanol–water partition coefficient (Wildman–Crippen LogP) is 4.12. The molecular formula is C22H34N4O5. The summed E-state index contributed by atoms with van der Waals surface area (Å²) in [6.45, 7) is 8.89. The van der Waals surface area contributed by atoms with Crippen molar-refractivity contribution in [3.8, 4) is 0 Å². The number of ether oxygens (including phenoxy) is 1. The summed E-state index contributed by atoms with van der Waals surface area (Å²) >= 11 is 0. The van der Waals surface area contributed by atoms with Gasteiger partial charge in [0, 0.05) is 24.6 Å². The van der Waals surface area contributed by atoms with Crippen LogP contribution in [0.3, 0.4) is 0 Å². The summed E-state index contributed by atoms with van der Waals surface area (Å²) < 4.78 is 10.9. The molecule has 1 saturated carbocycles. The number of hydroxylamine groups is 2. The summed E-state index contributed by atoms with van der Waals surface area (Å²) in [5, 5.41) is 8.75. The van der Waals surface area contributed by atoms with Gasteiger partial charge in [0.05, 0.1) is 18.7 Å². The molecule has 2 bridgehead atoms. The van der Waals surface area contributed by atoms with Crippen LogP contribution in [0.15, 0.2) is 10.6 Å². The largest absolute Gasteiger partial charge is 0.444 e. The molecule has 1 N–H and O–H groups in total. The molecule has 9 nitrogen and oxygen atoms in total. The number of unbranched alkanes of at least 4 members (excludes halogenated alkanes) is 1. The van der Waals surface area contributed by atoms with Gasteiger partial charge in [0.15, 0.2) is 0 Å². The Morgan fingerprint density at radius 1 is 1.32 bits per heavy atom. The van der Waals surface area contributed by atoms with Gasteiger partial charge >= 0.3 is 12.1 Å². The quantitative estimate of drug-likeness (QED) is 0.649. The lowest BCUT2D eigenvalue weighted by molar-refractivity contribution is -0.130. The summed E-state index contributed by atoms with van der Waals surface area (Å²) in [7, 11) is 0. The van der Waals surface area contributed by atoms with Gasteiger partial charge in [-0.2, -0.15) is 5.06 Å². The minimum Gasteiger partial charge on any atom is -0.444 e. The molecule has 172 valence electrons. The molecule has 0 aromatic carbocycles. The van der Waals surface area contributed by atoms with Crippen molar-refractivity contribution in [2.24, 2.45) is 0 Å². The van der Waals surface area contributed by atoms with E-state index in [4.69, 9.17) is 14.1 Å². The van der Waals surface area contributed by atoms with Crippen LogP contribution in [0.25, 0.3) is 0 Å². The second-order valence-corrected chi connectivity index (χ2v) is 9.86. The Hall–Kier alpha value is -2.29. The van der Waals surface area contributed by atoms with E-state index >= 15 is 0 Å². The topological polar surface area (TPSA) is 97.1 Å². The van der Waals surface area contributed by atoms with Gasteiger partial charge in [-0.05, 0) is 52.9 Å². The van der Waals surface area contributed by atoms with E-state index in [1.165, 1.54) is 0 Å². The van der Waals surface area contributed by atoms with Crippen LogP contribution in [0.1, 0.15) is 89.6 Å². The van der Waals surface area contributed by atoms with Gasteiger partial charge in [0.2, 0.25) is 0 Å². The summed E-state index contributed by atoms with van der Waals surface area (Å²) in [4.78, 5) is 32.3. The van der Waals surface area contributed by atoms with E-state index in [1.807, 2.05) is 31.7 Å².